The molecule has 1 aromatic rings. The fourth-order valence-corrected chi connectivity index (χ4v) is 2.99. The van der Waals surface area contributed by atoms with Crippen LogP contribution in [0.4, 0.5) is 5.69 Å². The van der Waals surface area contributed by atoms with Crippen molar-refractivity contribution in [2.24, 2.45) is 0 Å². The van der Waals surface area contributed by atoms with Gasteiger partial charge in [0.1, 0.15) is 0 Å². The molecule has 0 aliphatic carbocycles. The first-order chi connectivity index (χ1) is 9.24. The maximum atomic E-state index is 12.6. The van der Waals surface area contributed by atoms with E-state index in [4.69, 9.17) is 0 Å². The number of hydrogen-bond acceptors (Lipinski definition) is 4. The Balaban J connectivity index is 2.88. The molecule has 2 amide bonds. The summed E-state index contributed by atoms with van der Waals surface area (Å²) in [5, 5.41) is 0. The van der Waals surface area contributed by atoms with E-state index in [2.05, 4.69) is 15.9 Å². The second-order valence-corrected chi connectivity index (χ2v) is 5.60. The van der Waals surface area contributed by atoms with E-state index in [1.54, 1.807) is 12.1 Å². The van der Waals surface area contributed by atoms with Crippen molar-refractivity contribution in [3.8, 4) is 0 Å². The normalized spacial score (nSPS) is 16.0. The summed E-state index contributed by atoms with van der Waals surface area (Å²) in [4.78, 5) is 49.3. The summed E-state index contributed by atoms with van der Waals surface area (Å²) in [7, 11) is 0. The maximum absolute atomic E-state index is 12.6. The number of nitrogens with zero attached hydrogens (tertiary/aromatic N) is 1. The minimum atomic E-state index is -1.90. The Bertz CT molecular complexity index is 651. The molecule has 0 N–H and O–H groups in total. The Labute approximate surface area is 124 Å². The van der Waals surface area contributed by atoms with Crippen LogP contribution in [0.2, 0.25) is 0 Å². The number of fused-ring (bicyclic) bond motifs is 1. The molecule has 20 heavy (non-hydrogen) atoms. The van der Waals surface area contributed by atoms with Crippen LogP contribution in [0.1, 0.15) is 26.3 Å². The summed E-state index contributed by atoms with van der Waals surface area (Å²) in [5.74, 6) is -2.48. The largest absolute Gasteiger partial charge is 0.298 e. The molecule has 2 rings (SSSR count). The van der Waals surface area contributed by atoms with Gasteiger partial charge in [-0.15, -0.1) is 0 Å². The van der Waals surface area contributed by atoms with Crippen LogP contribution < -0.4 is 4.90 Å². The fraction of sp³-hybridized carbons (Fsp3) is 0.286. The van der Waals surface area contributed by atoms with Gasteiger partial charge in [-0.1, -0.05) is 22.0 Å². The van der Waals surface area contributed by atoms with E-state index in [0.717, 1.165) is 4.90 Å². The summed E-state index contributed by atoms with van der Waals surface area (Å²) in [6.45, 7) is 3.60. The molecule has 5 nitrogen and oxygen atoms in total. The maximum Gasteiger partial charge on any atom is 0.259 e. The quantitative estimate of drug-likeness (QED) is 0.771. The van der Waals surface area contributed by atoms with Gasteiger partial charge in [0.2, 0.25) is 5.91 Å². The number of halogens is 1. The SMILES string of the molecule is CC(=O)N1C(=O)C(C(C)=O)(C(C)=O)c2ccc(Br)cc21. The van der Waals surface area contributed by atoms with E-state index in [0.29, 0.717) is 4.47 Å². The van der Waals surface area contributed by atoms with Crippen LogP contribution in [0, 0.1) is 0 Å². The highest BCUT2D eigenvalue weighted by Crippen LogP contribution is 2.44. The zero-order chi connectivity index (χ0) is 15.2. The van der Waals surface area contributed by atoms with Gasteiger partial charge in [-0.3, -0.25) is 19.2 Å². The monoisotopic (exact) mass is 337 g/mol. The van der Waals surface area contributed by atoms with Crippen LogP contribution in [-0.4, -0.2) is 23.4 Å². The highest BCUT2D eigenvalue weighted by molar-refractivity contribution is 9.10. The summed E-state index contributed by atoms with van der Waals surface area (Å²) in [5.41, 5.74) is -1.36. The lowest BCUT2D eigenvalue weighted by Crippen LogP contribution is -2.51. The number of ketones is 2. The van der Waals surface area contributed by atoms with Gasteiger partial charge in [0.25, 0.3) is 5.91 Å². The number of Topliss-reactive ketones (excluding diaryl/α,β-unsaturated/α-hetero) is 2. The first-order valence-electron chi connectivity index (χ1n) is 5.91. The van der Waals surface area contributed by atoms with Gasteiger partial charge in [-0.25, -0.2) is 4.90 Å². The van der Waals surface area contributed by atoms with Gasteiger partial charge >= 0.3 is 0 Å². The van der Waals surface area contributed by atoms with Gasteiger partial charge in [0.05, 0.1) is 5.69 Å². The highest BCUT2D eigenvalue weighted by atomic mass is 79.9. The number of hydrogen-bond donors (Lipinski definition) is 0. The van der Waals surface area contributed by atoms with Gasteiger partial charge in [-0.2, -0.15) is 0 Å². The van der Waals surface area contributed by atoms with Crippen molar-refractivity contribution < 1.29 is 19.2 Å². The Morgan fingerprint density at radius 1 is 1.10 bits per heavy atom. The highest BCUT2D eigenvalue weighted by Gasteiger charge is 2.59. The third-order valence-corrected chi connectivity index (χ3v) is 3.99. The Kier molecular flexibility index (Phi) is 3.37. The third kappa shape index (κ3) is 1.67. The average molecular weight is 338 g/mol. The van der Waals surface area contributed by atoms with Gasteiger partial charge < -0.3 is 0 Å². The molecule has 0 atom stereocenters. The van der Waals surface area contributed by atoms with E-state index in [1.165, 1.54) is 26.8 Å². The smallest absolute Gasteiger partial charge is 0.259 e. The van der Waals surface area contributed by atoms with Crippen molar-refractivity contribution in [2.75, 3.05) is 4.90 Å². The molecule has 1 heterocycles. The van der Waals surface area contributed by atoms with Crippen LogP contribution in [0.15, 0.2) is 22.7 Å². The first-order valence-corrected chi connectivity index (χ1v) is 6.71. The average Bonchev–Trinajstić information content (AvgIpc) is 2.57. The van der Waals surface area contributed by atoms with Crippen molar-refractivity contribution in [2.45, 2.75) is 26.2 Å². The number of rotatable bonds is 2. The van der Waals surface area contributed by atoms with E-state index >= 15 is 0 Å². The molecule has 1 aliphatic heterocycles. The number of anilines is 1. The van der Waals surface area contributed by atoms with E-state index in [1.807, 2.05) is 0 Å². The molecule has 6 heteroatoms. The van der Waals surface area contributed by atoms with Crippen LogP contribution in [0.5, 0.6) is 0 Å². The molecular formula is C14H12BrNO4. The molecule has 1 aromatic carbocycles. The molecule has 0 fully saturated rings. The molecule has 0 bridgehead atoms. The Hall–Kier alpha value is -1.82. The van der Waals surface area contributed by atoms with Crippen molar-refractivity contribution >= 4 is 45.0 Å². The minimum absolute atomic E-state index is 0.265. The predicted molar refractivity (Wildman–Crippen MR) is 75.3 cm³/mol. The molecule has 0 saturated heterocycles. The van der Waals surface area contributed by atoms with Gasteiger partial charge in [0, 0.05) is 17.0 Å². The number of imide groups is 1. The summed E-state index contributed by atoms with van der Waals surface area (Å²) in [6, 6.07) is 4.72. The molecule has 0 spiro atoms. The van der Waals surface area contributed by atoms with Gasteiger partial charge in [-0.05, 0) is 26.0 Å². The number of benzene rings is 1. The predicted octanol–water partition coefficient (Wildman–Crippen LogP) is 1.76. The molecule has 0 radical (unpaired) electrons. The Morgan fingerprint density at radius 2 is 1.65 bits per heavy atom. The molecule has 0 aromatic heterocycles. The zero-order valence-electron chi connectivity index (χ0n) is 11.2. The lowest BCUT2D eigenvalue weighted by molar-refractivity contribution is -0.140. The van der Waals surface area contributed by atoms with Crippen LogP contribution in [0.25, 0.3) is 0 Å². The Morgan fingerprint density at radius 3 is 2.10 bits per heavy atom. The van der Waals surface area contributed by atoms with Gasteiger partial charge in [0.15, 0.2) is 17.0 Å². The molecule has 104 valence electrons. The topological polar surface area (TPSA) is 71.5 Å². The van der Waals surface area contributed by atoms with Crippen molar-refractivity contribution in [3.63, 3.8) is 0 Å². The molecule has 1 aliphatic rings. The van der Waals surface area contributed by atoms with Crippen molar-refractivity contribution in [1.29, 1.82) is 0 Å². The van der Waals surface area contributed by atoms with Crippen LogP contribution in [-0.2, 0) is 24.6 Å². The van der Waals surface area contributed by atoms with E-state index in [-0.39, 0.29) is 11.3 Å². The second kappa shape index (κ2) is 4.63. The van der Waals surface area contributed by atoms with Crippen LogP contribution >= 0.6 is 15.9 Å². The second-order valence-electron chi connectivity index (χ2n) is 4.68. The minimum Gasteiger partial charge on any atom is -0.298 e. The fourth-order valence-electron chi connectivity index (χ4n) is 2.64. The molecule has 0 unspecified atom stereocenters. The molecule has 0 saturated carbocycles. The summed E-state index contributed by atoms with van der Waals surface area (Å²) >= 11 is 3.25. The van der Waals surface area contributed by atoms with E-state index in [9.17, 15) is 19.2 Å². The summed E-state index contributed by atoms with van der Waals surface area (Å²) in [6.07, 6.45) is 0. The third-order valence-electron chi connectivity index (χ3n) is 3.50. The van der Waals surface area contributed by atoms with E-state index < -0.39 is 28.8 Å². The first kappa shape index (κ1) is 14.6. The van der Waals surface area contributed by atoms with Crippen molar-refractivity contribution in [3.05, 3.63) is 28.2 Å². The standard InChI is InChI=1S/C14H12BrNO4/c1-7(17)14(8(2)18)11-5-4-10(15)6-12(11)16(9(3)19)13(14)20/h4-6H,1-3H3. The van der Waals surface area contributed by atoms with Crippen LogP contribution in [0.3, 0.4) is 0 Å². The summed E-state index contributed by atoms with van der Waals surface area (Å²) < 4.78 is 0.651. The lowest BCUT2D eigenvalue weighted by Gasteiger charge is -2.22. The number of carbonyl (C=O) groups excluding carboxylic acids is 4. The lowest BCUT2D eigenvalue weighted by atomic mass is 9.75. The number of carbonyl (C=O) groups is 4. The molecular weight excluding hydrogens is 326 g/mol. The number of amides is 2. The van der Waals surface area contributed by atoms with Crippen molar-refractivity contribution in [1.82, 2.24) is 0 Å². The zero-order valence-corrected chi connectivity index (χ0v) is 12.8.